The zero-order chi connectivity index (χ0) is 16.8. The first kappa shape index (κ1) is 17.0. The molecular formula is C15H20FN5O2. The smallest absolute Gasteiger partial charge is 0.245 e. The van der Waals surface area contributed by atoms with Gasteiger partial charge in [0.25, 0.3) is 0 Å². The highest BCUT2D eigenvalue weighted by Gasteiger charge is 2.25. The number of methoxy groups -OCH3 is 1. The highest BCUT2D eigenvalue weighted by atomic mass is 19.1. The van der Waals surface area contributed by atoms with Gasteiger partial charge in [-0.3, -0.25) is 4.79 Å². The van der Waals surface area contributed by atoms with Gasteiger partial charge in [-0.15, -0.1) is 5.10 Å². The summed E-state index contributed by atoms with van der Waals surface area (Å²) in [5.41, 5.74) is 0.694. The van der Waals surface area contributed by atoms with Crippen molar-refractivity contribution in [1.82, 2.24) is 25.5 Å². The molecule has 2 atom stereocenters. The number of amides is 1. The lowest BCUT2D eigenvalue weighted by Crippen LogP contribution is -2.41. The fourth-order valence-electron chi connectivity index (χ4n) is 2.33. The van der Waals surface area contributed by atoms with Crippen LogP contribution in [0.4, 0.5) is 4.39 Å². The van der Waals surface area contributed by atoms with Gasteiger partial charge in [0, 0.05) is 19.6 Å². The number of hydrogen-bond acceptors (Lipinski definition) is 5. The summed E-state index contributed by atoms with van der Waals surface area (Å²) in [5, 5.41) is 14.1. The van der Waals surface area contributed by atoms with Crippen LogP contribution in [0.15, 0.2) is 24.3 Å². The Hall–Kier alpha value is -2.35. The summed E-state index contributed by atoms with van der Waals surface area (Å²) in [6.07, 6.45) is 0.287. The van der Waals surface area contributed by atoms with Gasteiger partial charge in [-0.1, -0.05) is 12.1 Å². The van der Waals surface area contributed by atoms with Gasteiger partial charge in [0.05, 0.1) is 6.61 Å². The lowest BCUT2D eigenvalue weighted by Gasteiger charge is -2.20. The van der Waals surface area contributed by atoms with Crippen LogP contribution in [-0.4, -0.2) is 45.9 Å². The van der Waals surface area contributed by atoms with Crippen LogP contribution >= 0.6 is 0 Å². The molecule has 0 saturated carbocycles. The van der Waals surface area contributed by atoms with Crippen LogP contribution in [0.25, 0.3) is 0 Å². The van der Waals surface area contributed by atoms with Crippen molar-refractivity contribution in [3.63, 3.8) is 0 Å². The Bertz CT molecular complexity index is 661. The first-order valence-electron chi connectivity index (χ1n) is 7.29. The molecule has 0 unspecified atom stereocenters. The van der Waals surface area contributed by atoms with Gasteiger partial charge in [-0.05, 0) is 42.0 Å². The maximum absolute atomic E-state index is 13.4. The first-order valence-corrected chi connectivity index (χ1v) is 7.29. The number of rotatable bonds is 7. The van der Waals surface area contributed by atoms with Crippen LogP contribution in [0, 0.1) is 12.7 Å². The quantitative estimate of drug-likeness (QED) is 0.824. The van der Waals surface area contributed by atoms with Crippen LogP contribution in [-0.2, 0) is 16.0 Å². The minimum atomic E-state index is -0.661. The van der Waals surface area contributed by atoms with Gasteiger partial charge in [-0.25, -0.2) is 9.07 Å². The summed E-state index contributed by atoms with van der Waals surface area (Å²) >= 11 is 0. The number of aromatic nitrogens is 4. The summed E-state index contributed by atoms with van der Waals surface area (Å²) in [6.45, 7) is 3.95. The average Bonchev–Trinajstić information content (AvgIpc) is 2.91. The number of benzene rings is 1. The fourth-order valence-corrected chi connectivity index (χ4v) is 2.33. The zero-order valence-electron chi connectivity index (χ0n) is 13.4. The number of halogens is 1. The molecule has 0 bridgehead atoms. The van der Waals surface area contributed by atoms with Gasteiger partial charge < -0.3 is 10.1 Å². The number of carbonyl (C=O) groups excluding carboxylic acids is 1. The number of nitrogens with one attached hydrogen (secondary N) is 1. The second-order valence-corrected chi connectivity index (χ2v) is 5.39. The van der Waals surface area contributed by atoms with Crippen molar-refractivity contribution in [2.24, 2.45) is 0 Å². The highest BCUT2D eigenvalue weighted by molar-refractivity contribution is 5.80. The van der Waals surface area contributed by atoms with Gasteiger partial charge in [0.15, 0.2) is 0 Å². The Morgan fingerprint density at radius 2 is 2.26 bits per heavy atom. The lowest BCUT2D eigenvalue weighted by molar-refractivity contribution is -0.125. The van der Waals surface area contributed by atoms with E-state index in [1.807, 2.05) is 6.92 Å². The molecule has 0 fully saturated rings. The molecule has 2 aromatic rings. The molecule has 0 spiro atoms. The summed E-state index contributed by atoms with van der Waals surface area (Å²) in [5.74, 6) is -0.0713. The topological polar surface area (TPSA) is 81.9 Å². The van der Waals surface area contributed by atoms with E-state index in [1.165, 1.54) is 16.8 Å². The van der Waals surface area contributed by atoms with Crippen LogP contribution in [0.2, 0.25) is 0 Å². The van der Waals surface area contributed by atoms with Crippen LogP contribution in [0.3, 0.4) is 0 Å². The molecule has 7 nitrogen and oxygen atoms in total. The van der Waals surface area contributed by atoms with Crippen molar-refractivity contribution in [1.29, 1.82) is 0 Å². The standard InChI is InChI=1S/C15H20FN5O2/c1-10(9-23-3)17-15(22)14(21-11(2)18-19-20-21)8-12-5-4-6-13(16)7-12/h4-7,10,14H,8-9H2,1-3H3,(H,17,22)/t10-,14-/m1/s1. The second kappa shape index (κ2) is 7.77. The molecule has 2 rings (SSSR count). The molecule has 1 aromatic heterocycles. The normalized spacial score (nSPS) is 13.6. The lowest BCUT2D eigenvalue weighted by atomic mass is 10.0. The highest BCUT2D eigenvalue weighted by Crippen LogP contribution is 2.16. The van der Waals surface area contributed by atoms with Gasteiger partial charge >= 0.3 is 0 Å². The third kappa shape index (κ3) is 4.56. The van der Waals surface area contributed by atoms with E-state index in [2.05, 4.69) is 20.8 Å². The Balaban J connectivity index is 2.22. The number of carbonyl (C=O) groups is 1. The molecule has 0 saturated heterocycles. The molecule has 1 heterocycles. The minimum absolute atomic E-state index is 0.153. The molecule has 0 radical (unpaired) electrons. The number of ether oxygens (including phenoxy) is 1. The van der Waals surface area contributed by atoms with E-state index < -0.39 is 6.04 Å². The van der Waals surface area contributed by atoms with Gasteiger partial charge in [0.1, 0.15) is 17.7 Å². The van der Waals surface area contributed by atoms with E-state index in [0.717, 1.165) is 0 Å². The SMILES string of the molecule is COC[C@@H](C)NC(=O)[C@@H](Cc1cccc(F)c1)n1nnnc1C. The second-order valence-electron chi connectivity index (χ2n) is 5.39. The zero-order valence-corrected chi connectivity index (χ0v) is 13.4. The Kier molecular flexibility index (Phi) is 5.75. The Morgan fingerprint density at radius 3 is 2.87 bits per heavy atom. The van der Waals surface area contributed by atoms with E-state index in [0.29, 0.717) is 18.0 Å². The molecule has 1 aromatic carbocycles. The van der Waals surface area contributed by atoms with Gasteiger partial charge in [-0.2, -0.15) is 0 Å². The van der Waals surface area contributed by atoms with E-state index in [9.17, 15) is 9.18 Å². The predicted molar refractivity (Wildman–Crippen MR) is 81.2 cm³/mol. The minimum Gasteiger partial charge on any atom is -0.383 e. The Morgan fingerprint density at radius 1 is 1.48 bits per heavy atom. The van der Waals surface area contributed by atoms with E-state index in [4.69, 9.17) is 4.74 Å². The number of hydrogen-bond donors (Lipinski definition) is 1. The third-order valence-electron chi connectivity index (χ3n) is 3.38. The van der Waals surface area contributed by atoms with Crippen molar-refractivity contribution >= 4 is 5.91 Å². The summed E-state index contributed by atoms with van der Waals surface area (Å²) in [4.78, 5) is 12.6. The summed E-state index contributed by atoms with van der Waals surface area (Å²) in [6, 6.07) is 5.33. The average molecular weight is 321 g/mol. The Labute approximate surface area is 133 Å². The molecule has 0 aliphatic rings. The van der Waals surface area contributed by atoms with Crippen molar-refractivity contribution in [2.45, 2.75) is 32.4 Å². The first-order chi connectivity index (χ1) is 11.0. The maximum atomic E-state index is 13.4. The van der Waals surface area contributed by atoms with Crippen LogP contribution < -0.4 is 5.32 Å². The van der Waals surface area contributed by atoms with Crippen molar-refractivity contribution < 1.29 is 13.9 Å². The van der Waals surface area contributed by atoms with Crippen molar-refractivity contribution in [3.8, 4) is 0 Å². The number of nitrogens with zero attached hydrogens (tertiary/aromatic N) is 4. The van der Waals surface area contributed by atoms with E-state index in [-0.39, 0.29) is 24.2 Å². The fraction of sp³-hybridized carbons (Fsp3) is 0.467. The number of aryl methyl sites for hydroxylation is 1. The molecule has 0 aliphatic carbocycles. The molecule has 1 N–H and O–H groups in total. The summed E-state index contributed by atoms with van der Waals surface area (Å²) in [7, 11) is 1.57. The van der Waals surface area contributed by atoms with E-state index >= 15 is 0 Å². The van der Waals surface area contributed by atoms with Crippen molar-refractivity contribution in [3.05, 3.63) is 41.5 Å². The van der Waals surface area contributed by atoms with E-state index in [1.54, 1.807) is 26.2 Å². The molecule has 1 amide bonds. The molecule has 8 heteroatoms. The summed E-state index contributed by atoms with van der Waals surface area (Å²) < 4.78 is 19.9. The molecular weight excluding hydrogens is 301 g/mol. The largest absolute Gasteiger partial charge is 0.383 e. The monoisotopic (exact) mass is 321 g/mol. The predicted octanol–water partition coefficient (Wildman–Crippen LogP) is 1.06. The molecule has 0 aliphatic heterocycles. The van der Waals surface area contributed by atoms with Crippen molar-refractivity contribution in [2.75, 3.05) is 13.7 Å². The maximum Gasteiger partial charge on any atom is 0.245 e. The third-order valence-corrected chi connectivity index (χ3v) is 3.38. The van der Waals surface area contributed by atoms with Crippen LogP contribution in [0.1, 0.15) is 24.4 Å². The number of tetrazole rings is 1. The molecule has 124 valence electrons. The van der Waals surface area contributed by atoms with Crippen LogP contribution in [0.5, 0.6) is 0 Å². The molecule has 23 heavy (non-hydrogen) atoms. The van der Waals surface area contributed by atoms with Gasteiger partial charge in [0.2, 0.25) is 5.91 Å².